The molecule has 3 N–H and O–H groups in total. The molecule has 0 fully saturated rings. The molecule has 0 radical (unpaired) electrons. The lowest BCUT2D eigenvalue weighted by atomic mass is 10.2. The first-order valence-corrected chi connectivity index (χ1v) is 5.59. The highest BCUT2D eigenvalue weighted by Gasteiger charge is 2.17. The first-order chi connectivity index (χ1) is 8.52. The van der Waals surface area contributed by atoms with Gasteiger partial charge in [-0.05, 0) is 6.42 Å². The summed E-state index contributed by atoms with van der Waals surface area (Å²) in [5.74, 6) is -1.06. The number of nitrogens with one attached hydrogen (secondary N) is 2. The molecule has 0 saturated carbocycles. The number of carboxylic acids is 1. The fourth-order valence-corrected chi connectivity index (χ4v) is 1.33. The van der Waals surface area contributed by atoms with Crippen LogP contribution in [0.15, 0.2) is 4.42 Å². The van der Waals surface area contributed by atoms with E-state index in [1.165, 1.54) is 0 Å². The molecule has 0 aromatic carbocycles. The topological polar surface area (TPSA) is 117 Å². The highest BCUT2D eigenvalue weighted by Crippen LogP contribution is 2.03. The van der Waals surface area contributed by atoms with Crippen molar-refractivity contribution >= 4 is 17.9 Å². The van der Waals surface area contributed by atoms with Gasteiger partial charge in [0.15, 0.2) is 0 Å². The zero-order valence-corrected chi connectivity index (χ0v) is 10.3. The number of carbonyl (C=O) groups is 2. The minimum Gasteiger partial charge on any atom is -0.480 e. The quantitative estimate of drug-likeness (QED) is 0.636. The van der Waals surface area contributed by atoms with E-state index in [-0.39, 0.29) is 12.6 Å². The van der Waals surface area contributed by atoms with Crippen molar-refractivity contribution in [1.82, 2.24) is 15.5 Å². The van der Waals surface area contributed by atoms with Gasteiger partial charge in [0.2, 0.25) is 11.8 Å². The fourth-order valence-electron chi connectivity index (χ4n) is 1.33. The minimum atomic E-state index is -0.974. The molecule has 1 unspecified atom stereocenters. The maximum absolute atomic E-state index is 11.5. The van der Waals surface area contributed by atoms with E-state index in [0.29, 0.717) is 18.7 Å². The van der Waals surface area contributed by atoms with Gasteiger partial charge in [-0.3, -0.25) is 20.2 Å². The zero-order valence-electron chi connectivity index (χ0n) is 10.3. The molecule has 1 aromatic heterocycles. The van der Waals surface area contributed by atoms with Gasteiger partial charge in [-0.15, -0.1) is 5.10 Å². The summed E-state index contributed by atoms with van der Waals surface area (Å²) in [4.78, 5) is 22.3. The second-order valence-electron chi connectivity index (χ2n) is 3.73. The lowest BCUT2D eigenvalue weighted by Gasteiger charge is -2.12. The number of aromatic nitrogens is 2. The van der Waals surface area contributed by atoms with Crippen molar-refractivity contribution in [2.75, 3.05) is 11.9 Å². The van der Waals surface area contributed by atoms with Crippen LogP contribution in [0.3, 0.4) is 0 Å². The number of hydrogen-bond acceptors (Lipinski definition) is 6. The summed E-state index contributed by atoms with van der Waals surface area (Å²) in [6.07, 6.45) is 1.18. The number of carboxylic acid groups (broad SMARTS) is 1. The summed E-state index contributed by atoms with van der Waals surface area (Å²) in [5.41, 5.74) is 0. The molecule has 8 heteroatoms. The SMILES string of the molecule is CCCC(NCC(=O)Nc1nnc(C)o1)C(=O)O. The standard InChI is InChI=1S/C10H16N4O4/c1-3-4-7(9(16)17)11-5-8(15)12-10-14-13-6(2)18-10/h7,11H,3-5H2,1-2H3,(H,16,17)(H,12,14,15). The Labute approximate surface area is 104 Å². The van der Waals surface area contributed by atoms with Crippen molar-refractivity contribution in [2.24, 2.45) is 0 Å². The number of nitrogens with zero attached hydrogens (tertiary/aromatic N) is 2. The summed E-state index contributed by atoms with van der Waals surface area (Å²) >= 11 is 0. The third kappa shape index (κ3) is 4.50. The molecule has 0 bridgehead atoms. The Morgan fingerprint density at radius 2 is 2.17 bits per heavy atom. The predicted molar refractivity (Wildman–Crippen MR) is 62.0 cm³/mol. The first kappa shape index (κ1) is 14.1. The van der Waals surface area contributed by atoms with Crippen molar-refractivity contribution in [1.29, 1.82) is 0 Å². The van der Waals surface area contributed by atoms with Crippen molar-refractivity contribution in [3.05, 3.63) is 5.89 Å². The Kier molecular flexibility index (Phi) is 5.25. The lowest BCUT2D eigenvalue weighted by Crippen LogP contribution is -2.41. The maximum Gasteiger partial charge on any atom is 0.322 e. The average Bonchev–Trinajstić information content (AvgIpc) is 2.69. The molecule has 100 valence electrons. The molecule has 0 aliphatic heterocycles. The lowest BCUT2D eigenvalue weighted by molar-refractivity contribution is -0.139. The number of carbonyl (C=O) groups excluding carboxylic acids is 1. The molecule has 1 atom stereocenters. The van der Waals surface area contributed by atoms with Gasteiger partial charge >= 0.3 is 12.0 Å². The number of amides is 1. The summed E-state index contributed by atoms with van der Waals surface area (Å²) in [6.45, 7) is 3.35. The van der Waals surface area contributed by atoms with Crippen LogP contribution in [-0.2, 0) is 9.59 Å². The molecule has 0 spiro atoms. The van der Waals surface area contributed by atoms with Crippen LogP contribution in [-0.4, -0.2) is 39.8 Å². The van der Waals surface area contributed by atoms with E-state index in [0.717, 1.165) is 0 Å². The minimum absolute atomic E-state index is 0.00154. The Hall–Kier alpha value is -1.96. The highest BCUT2D eigenvalue weighted by molar-refractivity contribution is 5.90. The molecule has 1 aromatic rings. The second kappa shape index (κ2) is 6.70. The van der Waals surface area contributed by atoms with Crippen molar-refractivity contribution in [3.63, 3.8) is 0 Å². The molecular formula is C10H16N4O4. The van der Waals surface area contributed by atoms with Crippen LogP contribution in [0, 0.1) is 6.92 Å². The summed E-state index contributed by atoms with van der Waals surface area (Å²) in [6, 6.07) is -0.730. The van der Waals surface area contributed by atoms with E-state index in [1.54, 1.807) is 6.92 Å². The number of rotatable bonds is 7. The van der Waals surface area contributed by atoms with Gasteiger partial charge in [-0.25, -0.2) is 0 Å². The van der Waals surface area contributed by atoms with Crippen molar-refractivity contribution in [2.45, 2.75) is 32.7 Å². The number of aryl methyl sites for hydroxylation is 1. The maximum atomic E-state index is 11.5. The van der Waals surface area contributed by atoms with E-state index in [1.807, 2.05) is 6.92 Å². The third-order valence-electron chi connectivity index (χ3n) is 2.16. The van der Waals surface area contributed by atoms with Gasteiger partial charge in [-0.1, -0.05) is 18.4 Å². The Morgan fingerprint density at radius 1 is 1.44 bits per heavy atom. The third-order valence-corrected chi connectivity index (χ3v) is 2.16. The van der Waals surface area contributed by atoms with Gasteiger partial charge in [0, 0.05) is 6.92 Å². The molecule has 18 heavy (non-hydrogen) atoms. The number of hydrogen-bond donors (Lipinski definition) is 3. The van der Waals surface area contributed by atoms with E-state index in [4.69, 9.17) is 9.52 Å². The molecule has 8 nitrogen and oxygen atoms in total. The average molecular weight is 256 g/mol. The van der Waals surface area contributed by atoms with E-state index in [2.05, 4.69) is 20.8 Å². The van der Waals surface area contributed by atoms with Gasteiger partial charge in [0.1, 0.15) is 6.04 Å². The van der Waals surface area contributed by atoms with Crippen molar-refractivity contribution < 1.29 is 19.1 Å². The Bertz CT molecular complexity index is 418. The van der Waals surface area contributed by atoms with Gasteiger partial charge < -0.3 is 9.52 Å². The molecule has 1 heterocycles. The number of anilines is 1. The Morgan fingerprint density at radius 3 is 2.67 bits per heavy atom. The van der Waals surface area contributed by atoms with Crippen LogP contribution in [0.25, 0.3) is 0 Å². The second-order valence-corrected chi connectivity index (χ2v) is 3.73. The summed E-state index contributed by atoms with van der Waals surface area (Å²) < 4.78 is 4.96. The van der Waals surface area contributed by atoms with Gasteiger partial charge in [0.25, 0.3) is 0 Å². The molecule has 0 saturated heterocycles. The van der Waals surface area contributed by atoms with Gasteiger partial charge in [-0.2, -0.15) is 0 Å². The molecule has 1 rings (SSSR count). The smallest absolute Gasteiger partial charge is 0.322 e. The largest absolute Gasteiger partial charge is 0.480 e. The van der Waals surface area contributed by atoms with Crippen LogP contribution < -0.4 is 10.6 Å². The summed E-state index contributed by atoms with van der Waals surface area (Å²) in [5, 5.41) is 21.0. The zero-order chi connectivity index (χ0) is 13.5. The molecule has 0 aliphatic rings. The summed E-state index contributed by atoms with van der Waals surface area (Å²) in [7, 11) is 0. The highest BCUT2D eigenvalue weighted by atomic mass is 16.4. The fraction of sp³-hybridized carbons (Fsp3) is 0.600. The van der Waals surface area contributed by atoms with Crippen LogP contribution in [0.5, 0.6) is 0 Å². The Balaban J connectivity index is 2.38. The predicted octanol–water partition coefficient (Wildman–Crippen LogP) is 0.159. The molecule has 0 aliphatic carbocycles. The van der Waals surface area contributed by atoms with E-state index in [9.17, 15) is 9.59 Å². The first-order valence-electron chi connectivity index (χ1n) is 5.59. The monoisotopic (exact) mass is 256 g/mol. The normalized spacial score (nSPS) is 12.1. The van der Waals surface area contributed by atoms with Crippen LogP contribution in [0.1, 0.15) is 25.7 Å². The molecular weight excluding hydrogens is 240 g/mol. The van der Waals surface area contributed by atoms with Crippen LogP contribution in [0.2, 0.25) is 0 Å². The van der Waals surface area contributed by atoms with Crippen LogP contribution >= 0.6 is 0 Å². The van der Waals surface area contributed by atoms with E-state index < -0.39 is 17.9 Å². The van der Waals surface area contributed by atoms with E-state index >= 15 is 0 Å². The van der Waals surface area contributed by atoms with Gasteiger partial charge in [0.05, 0.1) is 6.54 Å². The number of aliphatic carboxylic acids is 1. The van der Waals surface area contributed by atoms with Crippen LogP contribution in [0.4, 0.5) is 6.01 Å². The van der Waals surface area contributed by atoms with Crippen molar-refractivity contribution in [3.8, 4) is 0 Å². The molecule has 1 amide bonds.